The lowest BCUT2D eigenvalue weighted by molar-refractivity contribution is -0.145. The van der Waals surface area contributed by atoms with Gasteiger partial charge in [-0.3, -0.25) is 4.79 Å². The third-order valence-corrected chi connectivity index (χ3v) is 4.29. The molecule has 2 rings (SSSR count). The Balaban J connectivity index is 2.09. The molecule has 6 heteroatoms. The first-order valence-electron chi connectivity index (χ1n) is 8.23. The summed E-state index contributed by atoms with van der Waals surface area (Å²) in [5.74, 6) is -1.71. The lowest BCUT2D eigenvalue weighted by Gasteiger charge is -2.32. The molecule has 1 aliphatic rings. The van der Waals surface area contributed by atoms with Gasteiger partial charge >= 0.3 is 5.97 Å². The van der Waals surface area contributed by atoms with Gasteiger partial charge in [0.1, 0.15) is 6.04 Å². The summed E-state index contributed by atoms with van der Waals surface area (Å²) in [7, 11) is 1.50. The molecule has 1 aromatic rings. The van der Waals surface area contributed by atoms with Crippen molar-refractivity contribution < 1.29 is 24.2 Å². The Bertz CT molecular complexity index is 557. The molecule has 3 atom stereocenters. The van der Waals surface area contributed by atoms with E-state index in [0.717, 1.165) is 17.5 Å². The highest BCUT2D eigenvalue weighted by Gasteiger charge is 2.34. The van der Waals surface area contributed by atoms with Crippen molar-refractivity contribution in [3.05, 3.63) is 35.4 Å². The number of rotatable bonds is 7. The lowest BCUT2D eigenvalue weighted by atomic mass is 9.88. The van der Waals surface area contributed by atoms with Gasteiger partial charge in [-0.2, -0.15) is 0 Å². The molecule has 2 N–H and O–H groups in total. The Labute approximate surface area is 142 Å². The predicted octanol–water partition coefficient (Wildman–Crippen LogP) is 2.07. The average Bonchev–Trinajstić information content (AvgIpc) is 2.59. The zero-order valence-electron chi connectivity index (χ0n) is 14.2. The van der Waals surface area contributed by atoms with Crippen LogP contribution in [0.3, 0.4) is 0 Å². The zero-order valence-corrected chi connectivity index (χ0v) is 14.2. The third-order valence-electron chi connectivity index (χ3n) is 4.29. The second-order valence-electron chi connectivity index (χ2n) is 6.13. The normalized spacial score (nSPS) is 21.9. The quantitative estimate of drug-likeness (QED) is 0.797. The number of methoxy groups -OCH3 is 1. The average molecular weight is 335 g/mol. The lowest BCUT2D eigenvalue weighted by Crippen LogP contribution is -2.46. The van der Waals surface area contributed by atoms with Crippen LogP contribution in [0, 0.1) is 12.8 Å². The number of carbonyl (C=O) groups is 2. The zero-order chi connectivity index (χ0) is 17.5. The van der Waals surface area contributed by atoms with Gasteiger partial charge in [0.15, 0.2) is 0 Å². The molecule has 1 fully saturated rings. The van der Waals surface area contributed by atoms with Crippen LogP contribution in [0.4, 0.5) is 0 Å². The van der Waals surface area contributed by atoms with Crippen LogP contribution in [-0.4, -0.2) is 43.3 Å². The summed E-state index contributed by atoms with van der Waals surface area (Å²) in [6.07, 6.45) is 1.37. The third kappa shape index (κ3) is 4.79. The first-order valence-corrected chi connectivity index (χ1v) is 8.23. The van der Waals surface area contributed by atoms with E-state index in [1.807, 2.05) is 31.2 Å². The van der Waals surface area contributed by atoms with E-state index in [1.165, 1.54) is 7.11 Å². The number of carboxylic acids is 1. The number of benzene rings is 1. The first kappa shape index (κ1) is 18.4. The topological polar surface area (TPSA) is 84.9 Å². The van der Waals surface area contributed by atoms with Gasteiger partial charge in [0.2, 0.25) is 5.91 Å². The Hall–Kier alpha value is -1.92. The SMILES string of the molecule is COCCC(NC(=O)C1CCCOC1c1ccc(C)cc1)C(=O)O. The Morgan fingerprint density at radius 3 is 2.71 bits per heavy atom. The standard InChI is InChI=1S/C18H25NO5/c1-12-5-7-13(8-6-12)16-14(4-3-10-24-16)17(20)19-15(18(21)22)9-11-23-2/h5-8,14-16H,3-4,9-11H2,1-2H3,(H,19,20)(H,21,22). The molecular formula is C18H25NO5. The summed E-state index contributed by atoms with van der Waals surface area (Å²) in [4.78, 5) is 23.9. The van der Waals surface area contributed by atoms with Crippen molar-refractivity contribution in [2.45, 2.75) is 38.3 Å². The van der Waals surface area contributed by atoms with E-state index in [9.17, 15) is 14.7 Å². The molecule has 0 bridgehead atoms. The monoisotopic (exact) mass is 335 g/mol. The van der Waals surface area contributed by atoms with Crippen molar-refractivity contribution in [2.75, 3.05) is 20.3 Å². The van der Waals surface area contributed by atoms with Crippen molar-refractivity contribution in [2.24, 2.45) is 5.92 Å². The van der Waals surface area contributed by atoms with Gasteiger partial charge in [0, 0.05) is 26.7 Å². The molecule has 0 radical (unpaired) electrons. The fraction of sp³-hybridized carbons (Fsp3) is 0.556. The Kier molecular flexibility index (Phi) is 6.75. The highest BCUT2D eigenvalue weighted by Crippen LogP contribution is 2.34. The molecule has 0 aromatic heterocycles. The van der Waals surface area contributed by atoms with Gasteiger partial charge < -0.3 is 19.9 Å². The van der Waals surface area contributed by atoms with Gasteiger partial charge in [-0.1, -0.05) is 29.8 Å². The second kappa shape index (κ2) is 8.80. The molecular weight excluding hydrogens is 310 g/mol. The molecule has 1 aromatic carbocycles. The van der Waals surface area contributed by atoms with Crippen molar-refractivity contribution in [3.63, 3.8) is 0 Å². The van der Waals surface area contributed by atoms with E-state index in [1.54, 1.807) is 0 Å². The highest BCUT2D eigenvalue weighted by atomic mass is 16.5. The number of nitrogens with one attached hydrogen (secondary N) is 1. The first-order chi connectivity index (χ1) is 11.5. The van der Waals surface area contributed by atoms with Crippen molar-refractivity contribution >= 4 is 11.9 Å². The Morgan fingerprint density at radius 1 is 1.38 bits per heavy atom. The fourth-order valence-corrected chi connectivity index (χ4v) is 2.91. The van der Waals surface area contributed by atoms with Gasteiger partial charge in [-0.15, -0.1) is 0 Å². The van der Waals surface area contributed by atoms with E-state index >= 15 is 0 Å². The van der Waals surface area contributed by atoms with E-state index < -0.39 is 12.0 Å². The van der Waals surface area contributed by atoms with Crippen LogP contribution in [0.15, 0.2) is 24.3 Å². The number of hydrogen-bond donors (Lipinski definition) is 2. The maximum absolute atomic E-state index is 12.6. The number of aryl methyl sites for hydroxylation is 1. The molecule has 0 saturated carbocycles. The number of hydrogen-bond acceptors (Lipinski definition) is 4. The summed E-state index contributed by atoms with van der Waals surface area (Å²) in [6.45, 7) is 2.89. The van der Waals surface area contributed by atoms with Crippen LogP contribution >= 0.6 is 0 Å². The van der Waals surface area contributed by atoms with Crippen LogP contribution in [0.5, 0.6) is 0 Å². The smallest absolute Gasteiger partial charge is 0.326 e. The van der Waals surface area contributed by atoms with Crippen LogP contribution in [0.2, 0.25) is 0 Å². The van der Waals surface area contributed by atoms with Crippen molar-refractivity contribution in [3.8, 4) is 0 Å². The number of carbonyl (C=O) groups excluding carboxylic acids is 1. The molecule has 3 unspecified atom stereocenters. The molecule has 132 valence electrons. The molecule has 0 aliphatic carbocycles. The molecule has 1 amide bonds. The molecule has 0 spiro atoms. The minimum atomic E-state index is -1.05. The minimum absolute atomic E-state index is 0.236. The van der Waals surface area contributed by atoms with Crippen LogP contribution in [-0.2, 0) is 19.1 Å². The van der Waals surface area contributed by atoms with E-state index in [2.05, 4.69) is 5.32 Å². The fourth-order valence-electron chi connectivity index (χ4n) is 2.91. The summed E-state index contributed by atoms with van der Waals surface area (Å²) in [5.41, 5.74) is 2.09. The van der Waals surface area contributed by atoms with Gasteiger partial charge in [0.05, 0.1) is 12.0 Å². The van der Waals surface area contributed by atoms with Gasteiger partial charge in [-0.05, 0) is 25.3 Å². The van der Waals surface area contributed by atoms with Crippen molar-refractivity contribution in [1.29, 1.82) is 0 Å². The maximum Gasteiger partial charge on any atom is 0.326 e. The van der Waals surface area contributed by atoms with Crippen molar-refractivity contribution in [1.82, 2.24) is 5.32 Å². The highest BCUT2D eigenvalue weighted by molar-refractivity contribution is 5.85. The molecule has 24 heavy (non-hydrogen) atoms. The van der Waals surface area contributed by atoms with Crippen LogP contribution < -0.4 is 5.32 Å². The number of amides is 1. The molecule has 1 aliphatic heterocycles. The van der Waals surface area contributed by atoms with Crippen LogP contribution in [0.1, 0.15) is 36.5 Å². The van der Waals surface area contributed by atoms with E-state index in [4.69, 9.17) is 9.47 Å². The summed E-state index contributed by atoms with van der Waals surface area (Å²) in [5, 5.41) is 11.9. The Morgan fingerprint density at radius 2 is 2.08 bits per heavy atom. The number of carboxylic acid groups (broad SMARTS) is 1. The predicted molar refractivity (Wildman–Crippen MR) is 88.7 cm³/mol. The largest absolute Gasteiger partial charge is 0.480 e. The minimum Gasteiger partial charge on any atom is -0.480 e. The molecule has 1 saturated heterocycles. The molecule has 1 heterocycles. The molecule has 6 nitrogen and oxygen atoms in total. The summed E-state index contributed by atoms with van der Waals surface area (Å²) in [6, 6.07) is 6.95. The van der Waals surface area contributed by atoms with E-state index in [-0.39, 0.29) is 31.0 Å². The number of aliphatic carboxylic acids is 1. The van der Waals surface area contributed by atoms with Gasteiger partial charge in [0.25, 0.3) is 0 Å². The van der Waals surface area contributed by atoms with Crippen LogP contribution in [0.25, 0.3) is 0 Å². The number of ether oxygens (including phenoxy) is 2. The summed E-state index contributed by atoms with van der Waals surface area (Å²) >= 11 is 0. The van der Waals surface area contributed by atoms with Gasteiger partial charge in [-0.25, -0.2) is 4.79 Å². The van der Waals surface area contributed by atoms with E-state index in [0.29, 0.717) is 13.0 Å². The maximum atomic E-state index is 12.6. The second-order valence-corrected chi connectivity index (χ2v) is 6.13. The summed E-state index contributed by atoms with van der Waals surface area (Å²) < 4.78 is 10.7.